The van der Waals surface area contributed by atoms with Gasteiger partial charge in [0, 0.05) is 0 Å². The van der Waals surface area contributed by atoms with Crippen molar-refractivity contribution in [3.05, 3.63) is 18.5 Å². The molecule has 2 N–H and O–H groups in total. The van der Waals surface area contributed by atoms with Crippen LogP contribution in [0.5, 0.6) is 0 Å². The van der Waals surface area contributed by atoms with Gasteiger partial charge in [0.15, 0.2) is 0 Å². The predicted molar refractivity (Wildman–Crippen MR) is 38.3 cm³/mol. The normalized spacial score (nSPS) is 10.2. The summed E-state index contributed by atoms with van der Waals surface area (Å²) in [6.45, 7) is 0. The van der Waals surface area contributed by atoms with Gasteiger partial charge in [-0.05, 0) is 0 Å². The standard InChI is InChI=1S/C5H4N6O2/c12-4(13)3-8-5(10-9-3)11-1-6-7-2-11/h1-2H,(H,12,13)(H,8,9,10). The zero-order chi connectivity index (χ0) is 9.26. The summed E-state index contributed by atoms with van der Waals surface area (Å²) in [6.07, 6.45) is 2.74. The van der Waals surface area contributed by atoms with Gasteiger partial charge in [-0.2, -0.15) is 4.98 Å². The SMILES string of the molecule is O=C(O)c1nc(-n2cnnc2)n[nH]1. The second kappa shape index (κ2) is 2.66. The van der Waals surface area contributed by atoms with Gasteiger partial charge < -0.3 is 5.11 Å². The van der Waals surface area contributed by atoms with Crippen molar-refractivity contribution in [3.63, 3.8) is 0 Å². The van der Waals surface area contributed by atoms with Crippen molar-refractivity contribution in [2.75, 3.05) is 0 Å². The first kappa shape index (κ1) is 7.40. The first-order chi connectivity index (χ1) is 6.27. The average Bonchev–Trinajstić information content (AvgIpc) is 2.75. The Kier molecular flexibility index (Phi) is 1.51. The molecule has 0 bridgehead atoms. The number of aromatic carboxylic acids is 1. The molecule has 0 unspecified atom stereocenters. The number of H-pyrrole nitrogens is 1. The van der Waals surface area contributed by atoms with E-state index in [0.717, 1.165) is 0 Å². The maximum atomic E-state index is 10.4. The van der Waals surface area contributed by atoms with Crippen LogP contribution in [0.25, 0.3) is 5.95 Å². The summed E-state index contributed by atoms with van der Waals surface area (Å²) < 4.78 is 1.39. The molecular weight excluding hydrogens is 176 g/mol. The Morgan fingerprint density at radius 2 is 2.15 bits per heavy atom. The number of carboxylic acid groups (broad SMARTS) is 1. The van der Waals surface area contributed by atoms with Crippen LogP contribution < -0.4 is 0 Å². The van der Waals surface area contributed by atoms with Gasteiger partial charge in [0.25, 0.3) is 5.95 Å². The fourth-order valence-electron chi connectivity index (χ4n) is 0.768. The first-order valence-corrected chi connectivity index (χ1v) is 3.28. The van der Waals surface area contributed by atoms with E-state index in [1.807, 2.05) is 0 Å². The van der Waals surface area contributed by atoms with E-state index in [1.54, 1.807) is 0 Å². The highest BCUT2D eigenvalue weighted by molar-refractivity contribution is 5.83. The Bertz CT molecular complexity index is 418. The third kappa shape index (κ3) is 1.24. The van der Waals surface area contributed by atoms with E-state index in [4.69, 9.17) is 5.11 Å². The lowest BCUT2D eigenvalue weighted by molar-refractivity contribution is 0.0684. The lowest BCUT2D eigenvalue weighted by Gasteiger charge is -1.87. The molecule has 0 aliphatic heterocycles. The lowest BCUT2D eigenvalue weighted by Crippen LogP contribution is -1.99. The van der Waals surface area contributed by atoms with Crippen molar-refractivity contribution in [2.45, 2.75) is 0 Å². The lowest BCUT2D eigenvalue weighted by atomic mass is 10.6. The van der Waals surface area contributed by atoms with Gasteiger partial charge in [-0.25, -0.2) is 4.79 Å². The highest BCUT2D eigenvalue weighted by Gasteiger charge is 2.10. The van der Waals surface area contributed by atoms with E-state index in [0.29, 0.717) is 0 Å². The van der Waals surface area contributed by atoms with Gasteiger partial charge in [0.05, 0.1) is 0 Å². The zero-order valence-corrected chi connectivity index (χ0v) is 6.25. The topological polar surface area (TPSA) is 110 Å². The molecule has 0 aliphatic carbocycles. The molecular formula is C5H4N6O2. The van der Waals surface area contributed by atoms with Crippen LogP contribution in [-0.2, 0) is 0 Å². The Balaban J connectivity index is 2.39. The second-order valence-corrected chi connectivity index (χ2v) is 2.16. The third-order valence-corrected chi connectivity index (χ3v) is 1.33. The zero-order valence-electron chi connectivity index (χ0n) is 6.25. The van der Waals surface area contributed by atoms with E-state index in [9.17, 15) is 4.79 Å². The van der Waals surface area contributed by atoms with Gasteiger partial charge in [-0.1, -0.05) is 0 Å². The van der Waals surface area contributed by atoms with Gasteiger partial charge in [0.2, 0.25) is 5.82 Å². The maximum absolute atomic E-state index is 10.4. The molecule has 2 aromatic rings. The molecule has 2 aromatic heterocycles. The van der Waals surface area contributed by atoms with E-state index < -0.39 is 5.97 Å². The number of carbonyl (C=O) groups is 1. The highest BCUT2D eigenvalue weighted by Crippen LogP contribution is 1.97. The molecule has 0 saturated carbocycles. The first-order valence-electron chi connectivity index (χ1n) is 3.28. The molecule has 0 spiro atoms. The summed E-state index contributed by atoms with van der Waals surface area (Å²) in [5, 5.41) is 21.5. The molecule has 0 aromatic carbocycles. The molecule has 0 fully saturated rings. The molecule has 2 rings (SSSR count). The predicted octanol–water partition coefficient (Wildman–Crippen LogP) is -0.916. The third-order valence-electron chi connectivity index (χ3n) is 1.33. The van der Waals surface area contributed by atoms with Gasteiger partial charge in [-0.15, -0.1) is 15.3 Å². The van der Waals surface area contributed by atoms with Crippen molar-refractivity contribution >= 4 is 5.97 Å². The van der Waals surface area contributed by atoms with E-state index in [2.05, 4.69) is 25.4 Å². The monoisotopic (exact) mass is 180 g/mol. The van der Waals surface area contributed by atoms with E-state index in [1.165, 1.54) is 17.2 Å². The molecule has 0 atom stereocenters. The summed E-state index contributed by atoms with van der Waals surface area (Å²) >= 11 is 0. The largest absolute Gasteiger partial charge is 0.475 e. The quantitative estimate of drug-likeness (QED) is 0.618. The Labute approximate surface area is 71.3 Å². The van der Waals surface area contributed by atoms with Crippen molar-refractivity contribution < 1.29 is 9.90 Å². The summed E-state index contributed by atoms with van der Waals surface area (Å²) in [7, 11) is 0. The van der Waals surface area contributed by atoms with Crippen molar-refractivity contribution in [3.8, 4) is 5.95 Å². The summed E-state index contributed by atoms with van der Waals surface area (Å²) in [5.74, 6) is -1.18. The average molecular weight is 180 g/mol. The minimum atomic E-state index is -1.16. The van der Waals surface area contributed by atoms with Crippen LogP contribution in [0.4, 0.5) is 0 Å². The smallest absolute Gasteiger partial charge is 0.373 e. The number of aromatic nitrogens is 6. The minimum Gasteiger partial charge on any atom is -0.475 e. The maximum Gasteiger partial charge on any atom is 0.373 e. The fraction of sp³-hybridized carbons (Fsp3) is 0. The Morgan fingerprint density at radius 3 is 2.69 bits per heavy atom. The van der Waals surface area contributed by atoms with E-state index >= 15 is 0 Å². The molecule has 13 heavy (non-hydrogen) atoms. The molecule has 0 amide bonds. The van der Waals surface area contributed by atoms with Crippen LogP contribution in [0.2, 0.25) is 0 Å². The van der Waals surface area contributed by atoms with Crippen molar-refractivity contribution in [2.24, 2.45) is 0 Å². The molecule has 8 nitrogen and oxygen atoms in total. The molecule has 0 saturated heterocycles. The molecule has 66 valence electrons. The Hall–Kier alpha value is -2.25. The van der Waals surface area contributed by atoms with Crippen LogP contribution in [0.1, 0.15) is 10.6 Å². The van der Waals surface area contributed by atoms with Crippen molar-refractivity contribution in [1.29, 1.82) is 0 Å². The number of hydrogen-bond acceptors (Lipinski definition) is 5. The van der Waals surface area contributed by atoms with E-state index in [-0.39, 0.29) is 11.8 Å². The molecule has 0 aliphatic rings. The summed E-state index contributed by atoms with van der Waals surface area (Å²) in [5.41, 5.74) is 0. The molecule has 2 heterocycles. The number of hydrogen-bond donors (Lipinski definition) is 2. The van der Waals surface area contributed by atoms with Gasteiger partial charge in [0.1, 0.15) is 12.7 Å². The van der Waals surface area contributed by atoms with Crippen LogP contribution >= 0.6 is 0 Å². The number of nitrogens with one attached hydrogen (secondary N) is 1. The molecule has 0 radical (unpaired) electrons. The van der Waals surface area contributed by atoms with Gasteiger partial charge >= 0.3 is 5.97 Å². The second-order valence-electron chi connectivity index (χ2n) is 2.16. The minimum absolute atomic E-state index is 0.197. The van der Waals surface area contributed by atoms with Crippen LogP contribution in [0.15, 0.2) is 12.7 Å². The number of carboxylic acids is 1. The summed E-state index contributed by atoms with van der Waals surface area (Å²) in [4.78, 5) is 14.1. The van der Waals surface area contributed by atoms with Crippen LogP contribution in [0.3, 0.4) is 0 Å². The number of rotatable bonds is 2. The van der Waals surface area contributed by atoms with Crippen molar-refractivity contribution in [1.82, 2.24) is 29.9 Å². The van der Waals surface area contributed by atoms with Crippen LogP contribution in [0, 0.1) is 0 Å². The fourth-order valence-corrected chi connectivity index (χ4v) is 0.768. The number of nitrogens with zero attached hydrogens (tertiary/aromatic N) is 5. The van der Waals surface area contributed by atoms with Crippen LogP contribution in [-0.4, -0.2) is 41.0 Å². The Morgan fingerprint density at radius 1 is 1.46 bits per heavy atom. The number of aromatic amines is 1. The highest BCUT2D eigenvalue weighted by atomic mass is 16.4. The van der Waals surface area contributed by atoms with Gasteiger partial charge in [-0.3, -0.25) is 9.67 Å². The molecule has 8 heteroatoms. The summed E-state index contributed by atoms with van der Waals surface area (Å²) in [6, 6.07) is 0.